The molecule has 0 saturated carbocycles. The summed E-state index contributed by atoms with van der Waals surface area (Å²) in [4.78, 5) is 32.0. The molecule has 0 aliphatic rings. The third-order valence-corrected chi connectivity index (χ3v) is 4.81. The zero-order chi connectivity index (χ0) is 16.2. The molecule has 0 aliphatic heterocycles. The van der Waals surface area contributed by atoms with Crippen molar-refractivity contribution < 1.29 is 9.59 Å². The van der Waals surface area contributed by atoms with Crippen molar-refractivity contribution in [2.75, 3.05) is 0 Å². The molecule has 0 fully saturated rings. The van der Waals surface area contributed by atoms with Gasteiger partial charge < -0.3 is 11.1 Å². The summed E-state index contributed by atoms with van der Waals surface area (Å²) >= 11 is 2.66. The van der Waals surface area contributed by atoms with Gasteiger partial charge in [-0.15, -0.1) is 22.7 Å². The highest BCUT2D eigenvalue weighted by Gasteiger charge is 2.12. The van der Waals surface area contributed by atoms with Gasteiger partial charge in [0.25, 0.3) is 5.91 Å². The monoisotopic (exact) mass is 344 g/mol. The highest BCUT2D eigenvalue weighted by Crippen LogP contribution is 2.21. The van der Waals surface area contributed by atoms with Crippen molar-refractivity contribution in [2.45, 2.75) is 6.54 Å². The summed E-state index contributed by atoms with van der Waals surface area (Å²) in [5.74, 6) is -0.787. The number of aromatic nitrogens is 2. The van der Waals surface area contributed by atoms with E-state index in [0.717, 1.165) is 16.3 Å². The highest BCUT2D eigenvalue weighted by atomic mass is 32.1. The van der Waals surface area contributed by atoms with Crippen LogP contribution in [0.3, 0.4) is 0 Å². The fourth-order valence-electron chi connectivity index (χ4n) is 1.87. The molecule has 3 rings (SSSR count). The van der Waals surface area contributed by atoms with Crippen LogP contribution in [0, 0.1) is 0 Å². The van der Waals surface area contributed by atoms with Gasteiger partial charge in [0.05, 0.1) is 22.7 Å². The van der Waals surface area contributed by atoms with Crippen LogP contribution in [0.1, 0.15) is 25.0 Å². The number of rotatable bonds is 5. The number of thiazole rings is 1. The first-order chi connectivity index (χ1) is 11.1. The molecule has 0 aliphatic carbocycles. The van der Waals surface area contributed by atoms with Crippen molar-refractivity contribution in [2.24, 2.45) is 5.73 Å². The van der Waals surface area contributed by atoms with Crippen LogP contribution in [0.15, 0.2) is 41.4 Å². The predicted octanol–water partition coefficient (Wildman–Crippen LogP) is 2.30. The normalized spacial score (nSPS) is 10.4. The lowest BCUT2D eigenvalue weighted by Crippen LogP contribution is -2.21. The number of thiophene rings is 1. The Labute approximate surface area is 140 Å². The molecule has 0 unspecified atom stereocenters. The summed E-state index contributed by atoms with van der Waals surface area (Å²) in [5, 5.41) is 7.10. The molecule has 23 heavy (non-hydrogen) atoms. The fourth-order valence-corrected chi connectivity index (χ4v) is 3.43. The van der Waals surface area contributed by atoms with E-state index in [0.29, 0.717) is 17.0 Å². The quantitative estimate of drug-likeness (QED) is 0.742. The van der Waals surface area contributed by atoms with Crippen LogP contribution in [0.2, 0.25) is 0 Å². The van der Waals surface area contributed by atoms with E-state index in [1.54, 1.807) is 17.8 Å². The summed E-state index contributed by atoms with van der Waals surface area (Å²) in [6.07, 6.45) is 3.42. The van der Waals surface area contributed by atoms with Crippen molar-refractivity contribution in [3.63, 3.8) is 0 Å². The average Bonchev–Trinajstić information content (AvgIpc) is 3.23. The molecule has 0 saturated heterocycles. The average molecular weight is 344 g/mol. The van der Waals surface area contributed by atoms with Gasteiger partial charge in [-0.2, -0.15) is 0 Å². The minimum Gasteiger partial charge on any atom is -0.366 e. The molecule has 3 N–H and O–H groups in total. The van der Waals surface area contributed by atoms with Gasteiger partial charge in [-0.1, -0.05) is 0 Å². The molecule has 0 radical (unpaired) electrons. The van der Waals surface area contributed by atoms with E-state index >= 15 is 0 Å². The Morgan fingerprint density at radius 1 is 1.17 bits per heavy atom. The number of pyridine rings is 1. The Kier molecular flexibility index (Phi) is 4.45. The van der Waals surface area contributed by atoms with Gasteiger partial charge in [-0.3, -0.25) is 14.6 Å². The van der Waals surface area contributed by atoms with Crippen LogP contribution in [0.4, 0.5) is 0 Å². The van der Waals surface area contributed by atoms with Crippen LogP contribution in [-0.2, 0) is 6.54 Å². The molecule has 8 heteroatoms. The Morgan fingerprint density at radius 2 is 1.96 bits per heavy atom. The first-order valence-corrected chi connectivity index (χ1v) is 8.41. The van der Waals surface area contributed by atoms with Crippen LogP contribution >= 0.6 is 22.7 Å². The lowest BCUT2D eigenvalue weighted by Gasteiger charge is -2.00. The topological polar surface area (TPSA) is 98.0 Å². The third-order valence-electron chi connectivity index (χ3n) is 3.04. The second kappa shape index (κ2) is 6.67. The number of hydrogen-bond acceptors (Lipinski definition) is 6. The zero-order valence-electron chi connectivity index (χ0n) is 11.9. The molecule has 6 nitrogen and oxygen atoms in total. The molecule has 116 valence electrons. The summed E-state index contributed by atoms with van der Waals surface area (Å²) in [7, 11) is 0. The van der Waals surface area contributed by atoms with Crippen molar-refractivity contribution in [1.82, 2.24) is 15.3 Å². The lowest BCUT2D eigenvalue weighted by atomic mass is 10.2. The maximum atomic E-state index is 12.0. The molecule has 0 aromatic carbocycles. The van der Waals surface area contributed by atoms with Crippen molar-refractivity contribution >= 4 is 34.5 Å². The van der Waals surface area contributed by atoms with Crippen molar-refractivity contribution in [1.29, 1.82) is 0 Å². The number of primary amides is 1. The SMILES string of the molecule is NC(=O)c1csc(C(=O)NCc2nc(-c3ccncc3)cs2)c1. The zero-order valence-corrected chi connectivity index (χ0v) is 13.5. The molecule has 2 amide bonds. The van der Waals surface area contributed by atoms with Gasteiger partial charge in [-0.25, -0.2) is 4.98 Å². The maximum absolute atomic E-state index is 12.0. The number of nitrogens with one attached hydrogen (secondary N) is 1. The summed E-state index contributed by atoms with van der Waals surface area (Å²) in [5.41, 5.74) is 7.36. The van der Waals surface area contributed by atoms with Gasteiger partial charge in [0, 0.05) is 28.7 Å². The van der Waals surface area contributed by atoms with E-state index in [1.807, 2.05) is 17.5 Å². The second-order valence-corrected chi connectivity index (χ2v) is 6.46. The van der Waals surface area contributed by atoms with Gasteiger partial charge >= 0.3 is 0 Å². The number of amides is 2. The Bertz CT molecular complexity index is 842. The van der Waals surface area contributed by atoms with Crippen LogP contribution in [0.5, 0.6) is 0 Å². The Hall–Kier alpha value is -2.58. The van der Waals surface area contributed by atoms with E-state index < -0.39 is 5.91 Å². The van der Waals surface area contributed by atoms with Crippen molar-refractivity contribution in [3.05, 3.63) is 56.8 Å². The third kappa shape index (κ3) is 3.61. The number of carbonyl (C=O) groups is 2. The van der Waals surface area contributed by atoms with E-state index in [2.05, 4.69) is 15.3 Å². The van der Waals surface area contributed by atoms with Crippen LogP contribution < -0.4 is 11.1 Å². The Morgan fingerprint density at radius 3 is 2.65 bits per heavy atom. The molecular formula is C15H12N4O2S2. The first-order valence-electron chi connectivity index (χ1n) is 6.65. The van der Waals surface area contributed by atoms with Crippen LogP contribution in [-0.4, -0.2) is 21.8 Å². The maximum Gasteiger partial charge on any atom is 0.261 e. The molecule has 3 aromatic heterocycles. The smallest absolute Gasteiger partial charge is 0.261 e. The molecular weight excluding hydrogens is 332 g/mol. The van der Waals surface area contributed by atoms with Gasteiger partial charge in [0.2, 0.25) is 5.91 Å². The lowest BCUT2D eigenvalue weighted by molar-refractivity contribution is 0.0955. The van der Waals surface area contributed by atoms with E-state index in [-0.39, 0.29) is 5.91 Å². The number of nitrogens with two attached hydrogens (primary N) is 1. The highest BCUT2D eigenvalue weighted by molar-refractivity contribution is 7.12. The summed E-state index contributed by atoms with van der Waals surface area (Å²) in [6, 6.07) is 5.26. The Balaban J connectivity index is 1.63. The number of carbonyl (C=O) groups excluding carboxylic acids is 2. The fraction of sp³-hybridized carbons (Fsp3) is 0.0667. The molecule has 3 heterocycles. The molecule has 0 bridgehead atoms. The van der Waals surface area contributed by atoms with Crippen LogP contribution in [0.25, 0.3) is 11.3 Å². The van der Waals surface area contributed by atoms with E-state index in [4.69, 9.17) is 5.73 Å². The minimum absolute atomic E-state index is 0.247. The number of nitrogens with zero attached hydrogens (tertiary/aromatic N) is 2. The second-order valence-electron chi connectivity index (χ2n) is 4.61. The minimum atomic E-state index is -0.540. The molecule has 0 atom stereocenters. The summed E-state index contributed by atoms with van der Waals surface area (Å²) < 4.78 is 0. The van der Waals surface area contributed by atoms with Gasteiger partial charge in [-0.05, 0) is 18.2 Å². The predicted molar refractivity (Wildman–Crippen MR) is 89.4 cm³/mol. The molecule has 3 aromatic rings. The van der Waals surface area contributed by atoms with Gasteiger partial charge in [0.15, 0.2) is 0 Å². The van der Waals surface area contributed by atoms with E-state index in [9.17, 15) is 9.59 Å². The largest absolute Gasteiger partial charge is 0.366 e. The van der Waals surface area contributed by atoms with E-state index in [1.165, 1.54) is 28.7 Å². The summed E-state index contributed by atoms with van der Waals surface area (Å²) in [6.45, 7) is 0.332. The van der Waals surface area contributed by atoms with Gasteiger partial charge in [0.1, 0.15) is 5.01 Å². The standard InChI is InChI=1S/C15H12N4O2S2/c16-14(20)10-5-12(22-7-10)15(21)18-6-13-19-11(8-23-13)9-1-3-17-4-2-9/h1-5,7-8H,6H2,(H2,16,20)(H,18,21). The first kappa shape index (κ1) is 15.3. The van der Waals surface area contributed by atoms with Crippen molar-refractivity contribution in [3.8, 4) is 11.3 Å². The molecule has 0 spiro atoms. The number of hydrogen-bond donors (Lipinski definition) is 2.